The van der Waals surface area contributed by atoms with Crippen LogP contribution < -0.4 is 11.1 Å². The van der Waals surface area contributed by atoms with Crippen molar-refractivity contribution in [3.05, 3.63) is 53.3 Å². The van der Waals surface area contributed by atoms with Gasteiger partial charge in [-0.2, -0.15) is 5.10 Å². The monoisotopic (exact) mass is 286 g/mol. The number of carbonyl (C=O) groups excluding carboxylic acids is 1. The molecule has 5 heteroatoms. The number of carbonyl (C=O) groups is 1. The molecule has 1 amide bonds. The third-order valence-corrected chi connectivity index (χ3v) is 3.49. The Morgan fingerprint density at radius 2 is 2.10 bits per heavy atom. The Balaban J connectivity index is 1.79. The van der Waals surface area contributed by atoms with Crippen LogP contribution in [0.5, 0.6) is 0 Å². The van der Waals surface area contributed by atoms with E-state index in [1.54, 1.807) is 4.68 Å². The molecule has 2 rings (SSSR count). The second-order valence-electron chi connectivity index (χ2n) is 5.26. The number of amides is 1. The molecule has 112 valence electrons. The van der Waals surface area contributed by atoms with Crippen LogP contribution in [0.15, 0.2) is 36.5 Å². The van der Waals surface area contributed by atoms with Crippen LogP contribution in [0.4, 0.5) is 0 Å². The summed E-state index contributed by atoms with van der Waals surface area (Å²) in [6.45, 7) is 2.40. The Morgan fingerprint density at radius 1 is 1.38 bits per heavy atom. The molecule has 2 aromatic rings. The van der Waals surface area contributed by atoms with E-state index in [1.165, 1.54) is 5.56 Å². The van der Waals surface area contributed by atoms with Gasteiger partial charge in [0.25, 0.3) is 0 Å². The number of aromatic nitrogens is 2. The summed E-state index contributed by atoms with van der Waals surface area (Å²) in [4.78, 5) is 12.0. The Bertz CT molecular complexity index is 592. The minimum atomic E-state index is -0.484. The van der Waals surface area contributed by atoms with Crippen molar-refractivity contribution in [2.24, 2.45) is 12.8 Å². The van der Waals surface area contributed by atoms with Crippen LogP contribution in [0.2, 0.25) is 0 Å². The molecule has 1 aromatic carbocycles. The van der Waals surface area contributed by atoms with Gasteiger partial charge in [-0.05, 0) is 25.3 Å². The summed E-state index contributed by atoms with van der Waals surface area (Å²) in [5.41, 5.74) is 9.08. The lowest BCUT2D eigenvalue weighted by atomic mass is 10.1. The van der Waals surface area contributed by atoms with Gasteiger partial charge in [-0.3, -0.25) is 9.48 Å². The molecule has 0 fully saturated rings. The maximum Gasteiger partial charge on any atom is 0.237 e. The maximum atomic E-state index is 12.0. The molecule has 0 bridgehead atoms. The molecule has 0 aliphatic rings. The highest BCUT2D eigenvalue weighted by atomic mass is 16.2. The minimum Gasteiger partial charge on any atom is -0.351 e. The van der Waals surface area contributed by atoms with Gasteiger partial charge in [0.05, 0.1) is 11.7 Å². The summed E-state index contributed by atoms with van der Waals surface area (Å²) in [5, 5.41) is 7.12. The van der Waals surface area contributed by atoms with Crippen LogP contribution >= 0.6 is 0 Å². The van der Waals surface area contributed by atoms with Crippen molar-refractivity contribution in [2.75, 3.05) is 0 Å². The van der Waals surface area contributed by atoms with Crippen LogP contribution in [0.3, 0.4) is 0 Å². The van der Waals surface area contributed by atoms with Gasteiger partial charge in [0.2, 0.25) is 5.91 Å². The molecule has 5 nitrogen and oxygen atoms in total. The third-order valence-electron chi connectivity index (χ3n) is 3.49. The molecule has 0 aliphatic carbocycles. The molecule has 21 heavy (non-hydrogen) atoms. The Kier molecular flexibility index (Phi) is 5.11. The normalized spacial score (nSPS) is 12.1. The molecule has 1 atom stereocenters. The van der Waals surface area contributed by atoms with Crippen LogP contribution in [-0.4, -0.2) is 21.7 Å². The maximum absolute atomic E-state index is 12.0. The van der Waals surface area contributed by atoms with E-state index in [2.05, 4.69) is 10.4 Å². The molecule has 1 aromatic heterocycles. The fraction of sp³-hybridized carbons (Fsp3) is 0.375. The Hall–Kier alpha value is -2.14. The average molecular weight is 286 g/mol. The first-order chi connectivity index (χ1) is 10.1. The van der Waals surface area contributed by atoms with Crippen LogP contribution in [0, 0.1) is 6.92 Å². The summed E-state index contributed by atoms with van der Waals surface area (Å²) in [5.74, 6) is -0.116. The van der Waals surface area contributed by atoms with Crippen molar-refractivity contribution >= 4 is 5.91 Å². The first-order valence-electron chi connectivity index (χ1n) is 7.12. The number of nitrogens with one attached hydrogen (secondary N) is 1. The minimum absolute atomic E-state index is 0.116. The van der Waals surface area contributed by atoms with Crippen molar-refractivity contribution in [3.63, 3.8) is 0 Å². The summed E-state index contributed by atoms with van der Waals surface area (Å²) in [6, 6.07) is 9.57. The smallest absolute Gasteiger partial charge is 0.237 e. The first-order valence-corrected chi connectivity index (χ1v) is 7.12. The molecule has 3 N–H and O–H groups in total. The molecular formula is C16H22N4O. The molecule has 0 saturated carbocycles. The second kappa shape index (κ2) is 7.04. The lowest BCUT2D eigenvalue weighted by Gasteiger charge is -2.12. The molecule has 1 heterocycles. The first kappa shape index (κ1) is 15.3. The zero-order valence-electron chi connectivity index (χ0n) is 12.5. The SMILES string of the molecule is Cc1nn(C)cc1CNC(=O)[C@@H](N)CCc1ccccc1. The molecular weight excluding hydrogens is 264 g/mol. The summed E-state index contributed by atoms with van der Waals surface area (Å²) < 4.78 is 1.74. The number of nitrogens with zero attached hydrogens (tertiary/aromatic N) is 2. The quantitative estimate of drug-likeness (QED) is 0.841. The van der Waals surface area contributed by atoms with E-state index in [-0.39, 0.29) is 5.91 Å². The third kappa shape index (κ3) is 4.43. The Labute approximate surface area is 125 Å². The van der Waals surface area contributed by atoms with Crippen LogP contribution in [0.25, 0.3) is 0 Å². The van der Waals surface area contributed by atoms with Gasteiger partial charge in [0.15, 0.2) is 0 Å². The molecule has 0 spiro atoms. The van der Waals surface area contributed by atoms with E-state index in [0.29, 0.717) is 13.0 Å². The Morgan fingerprint density at radius 3 is 2.71 bits per heavy atom. The second-order valence-corrected chi connectivity index (χ2v) is 5.26. The lowest BCUT2D eigenvalue weighted by molar-refractivity contribution is -0.122. The van der Waals surface area contributed by atoms with Gasteiger partial charge in [-0.1, -0.05) is 30.3 Å². The highest BCUT2D eigenvalue weighted by Gasteiger charge is 2.14. The zero-order valence-corrected chi connectivity index (χ0v) is 12.5. The van der Waals surface area contributed by atoms with E-state index in [4.69, 9.17) is 5.73 Å². The van der Waals surface area contributed by atoms with Crippen molar-refractivity contribution in [2.45, 2.75) is 32.4 Å². The fourth-order valence-corrected chi connectivity index (χ4v) is 2.23. The number of hydrogen-bond acceptors (Lipinski definition) is 3. The zero-order chi connectivity index (χ0) is 15.2. The van der Waals surface area contributed by atoms with Gasteiger partial charge in [0.1, 0.15) is 0 Å². The highest BCUT2D eigenvalue weighted by Crippen LogP contribution is 2.06. The van der Waals surface area contributed by atoms with E-state index in [1.807, 2.05) is 50.5 Å². The van der Waals surface area contributed by atoms with Crippen LogP contribution in [0.1, 0.15) is 23.2 Å². The van der Waals surface area contributed by atoms with E-state index < -0.39 is 6.04 Å². The van der Waals surface area contributed by atoms with Crippen molar-refractivity contribution in [1.82, 2.24) is 15.1 Å². The average Bonchev–Trinajstić information content (AvgIpc) is 2.81. The molecule has 0 unspecified atom stereocenters. The van der Waals surface area contributed by atoms with Crippen molar-refractivity contribution in [1.29, 1.82) is 0 Å². The number of aryl methyl sites for hydroxylation is 3. The molecule has 0 saturated heterocycles. The topological polar surface area (TPSA) is 72.9 Å². The van der Waals surface area contributed by atoms with Gasteiger partial charge in [-0.25, -0.2) is 0 Å². The van der Waals surface area contributed by atoms with E-state index in [0.717, 1.165) is 17.7 Å². The van der Waals surface area contributed by atoms with Gasteiger partial charge < -0.3 is 11.1 Å². The van der Waals surface area contributed by atoms with Gasteiger partial charge >= 0.3 is 0 Å². The molecule has 0 aliphatic heterocycles. The summed E-state index contributed by atoms with van der Waals surface area (Å²) in [6.07, 6.45) is 3.36. The summed E-state index contributed by atoms with van der Waals surface area (Å²) in [7, 11) is 1.86. The highest BCUT2D eigenvalue weighted by molar-refractivity contribution is 5.81. The standard InChI is InChI=1S/C16H22N4O/c1-12-14(11-20(2)19-12)10-18-16(21)15(17)9-8-13-6-4-3-5-7-13/h3-7,11,15H,8-10,17H2,1-2H3,(H,18,21)/t15-/m0/s1. The largest absolute Gasteiger partial charge is 0.351 e. The molecule has 0 radical (unpaired) electrons. The van der Waals surface area contributed by atoms with Gasteiger partial charge in [-0.15, -0.1) is 0 Å². The number of nitrogens with two attached hydrogens (primary N) is 1. The lowest BCUT2D eigenvalue weighted by Crippen LogP contribution is -2.40. The predicted octanol–water partition coefficient (Wildman–Crippen LogP) is 1.30. The number of hydrogen-bond donors (Lipinski definition) is 2. The van der Waals surface area contributed by atoms with Crippen molar-refractivity contribution in [3.8, 4) is 0 Å². The summed E-state index contributed by atoms with van der Waals surface area (Å²) >= 11 is 0. The van der Waals surface area contributed by atoms with E-state index >= 15 is 0 Å². The number of benzene rings is 1. The van der Waals surface area contributed by atoms with Crippen LogP contribution in [-0.2, 0) is 24.8 Å². The predicted molar refractivity (Wildman–Crippen MR) is 82.5 cm³/mol. The van der Waals surface area contributed by atoms with E-state index in [9.17, 15) is 4.79 Å². The van der Waals surface area contributed by atoms with Crippen molar-refractivity contribution < 1.29 is 4.79 Å². The number of rotatable bonds is 6. The fourth-order valence-electron chi connectivity index (χ4n) is 2.23. The van der Waals surface area contributed by atoms with Gasteiger partial charge in [0, 0.05) is 25.4 Å².